The molecule has 0 bridgehead atoms. The molecule has 2 aromatic carbocycles. The number of nitrogens with zero attached hydrogens (tertiary/aromatic N) is 3. The second-order valence-electron chi connectivity index (χ2n) is 5.87. The molecule has 1 N–H and O–H groups in total. The number of halogens is 1. The number of hydrazine groups is 1. The van der Waals surface area contributed by atoms with Gasteiger partial charge in [0.15, 0.2) is 0 Å². The molecule has 1 aliphatic rings. The van der Waals surface area contributed by atoms with Gasteiger partial charge >= 0.3 is 0 Å². The predicted molar refractivity (Wildman–Crippen MR) is 98.5 cm³/mol. The number of hydrogen-bond donors (Lipinski definition) is 1. The van der Waals surface area contributed by atoms with Gasteiger partial charge in [-0.25, -0.2) is 9.40 Å². The number of rotatable bonds is 4. The minimum Gasteiger partial charge on any atom is -0.306 e. The van der Waals surface area contributed by atoms with E-state index in [1.807, 2.05) is 26.0 Å². The highest BCUT2D eigenvalue weighted by atomic mass is 19.1. The maximum Gasteiger partial charge on any atom is 0.295 e. The van der Waals surface area contributed by atoms with Crippen molar-refractivity contribution in [3.63, 3.8) is 0 Å². The molecule has 6 nitrogen and oxygen atoms in total. The number of benzene rings is 2. The summed E-state index contributed by atoms with van der Waals surface area (Å²) >= 11 is 0. The van der Waals surface area contributed by atoms with E-state index < -0.39 is 0 Å². The van der Waals surface area contributed by atoms with E-state index in [9.17, 15) is 14.0 Å². The first-order valence-corrected chi connectivity index (χ1v) is 8.27. The Kier molecular flexibility index (Phi) is 4.97. The zero-order chi connectivity index (χ0) is 18.7. The molecule has 0 fully saturated rings. The topological polar surface area (TPSA) is 65.0 Å². The molecule has 0 aromatic heterocycles. The van der Waals surface area contributed by atoms with E-state index in [0.717, 1.165) is 5.56 Å². The maximum atomic E-state index is 13.1. The summed E-state index contributed by atoms with van der Waals surface area (Å²) in [5, 5.41) is 1.32. The molecular weight excluding hydrogens is 335 g/mol. The van der Waals surface area contributed by atoms with Gasteiger partial charge in [0, 0.05) is 12.2 Å². The highest BCUT2D eigenvalue weighted by Crippen LogP contribution is 2.18. The van der Waals surface area contributed by atoms with Gasteiger partial charge in [-0.2, -0.15) is 0 Å². The Bertz CT molecular complexity index is 847. The van der Waals surface area contributed by atoms with E-state index in [0.29, 0.717) is 17.9 Å². The van der Waals surface area contributed by atoms with Crippen LogP contribution in [0, 0.1) is 12.7 Å². The van der Waals surface area contributed by atoms with Crippen LogP contribution in [0.4, 0.5) is 15.8 Å². The number of nitrogens with one attached hydrogen (secondary N) is 1. The van der Waals surface area contributed by atoms with Gasteiger partial charge in [-0.1, -0.05) is 17.7 Å². The van der Waals surface area contributed by atoms with Crippen molar-refractivity contribution in [1.29, 1.82) is 0 Å². The third-order valence-corrected chi connectivity index (χ3v) is 4.03. The highest BCUT2D eigenvalue weighted by molar-refractivity contribution is 6.44. The summed E-state index contributed by atoms with van der Waals surface area (Å²) in [6, 6.07) is 13.0. The van der Waals surface area contributed by atoms with Crippen LogP contribution < -0.4 is 15.3 Å². The Morgan fingerprint density at radius 1 is 1.19 bits per heavy atom. The Hall–Kier alpha value is -3.22. The first-order valence-electron chi connectivity index (χ1n) is 8.27. The predicted octanol–water partition coefficient (Wildman–Crippen LogP) is 2.44. The molecule has 1 aliphatic heterocycles. The summed E-state index contributed by atoms with van der Waals surface area (Å²) in [5.41, 5.74) is 5.06. The second-order valence-corrected chi connectivity index (χ2v) is 5.87. The molecule has 0 aliphatic carbocycles. The number of aliphatic imine (C=N–C) groups is 1. The van der Waals surface area contributed by atoms with Crippen molar-refractivity contribution < 1.29 is 14.0 Å². The number of carbonyl (C=O) groups is 2. The number of aryl methyl sites for hydroxylation is 1. The largest absolute Gasteiger partial charge is 0.306 e. The third-order valence-electron chi connectivity index (χ3n) is 4.03. The van der Waals surface area contributed by atoms with Gasteiger partial charge in [0.1, 0.15) is 12.4 Å². The van der Waals surface area contributed by atoms with Gasteiger partial charge in [0.05, 0.1) is 5.69 Å². The number of likely N-dealkylation sites (N-methyl/N-ethyl adjacent to an activating group) is 1. The summed E-state index contributed by atoms with van der Waals surface area (Å²) in [6.07, 6.45) is 0. The minimum atomic E-state index is -0.385. The van der Waals surface area contributed by atoms with Crippen LogP contribution in [0.3, 0.4) is 0 Å². The number of carbonyl (C=O) groups excluding carboxylic acids is 2. The highest BCUT2D eigenvalue weighted by Gasteiger charge is 2.28. The average Bonchev–Trinajstić information content (AvgIpc) is 2.65. The lowest BCUT2D eigenvalue weighted by atomic mass is 10.2. The lowest BCUT2D eigenvalue weighted by Gasteiger charge is -2.30. The summed E-state index contributed by atoms with van der Waals surface area (Å²) in [5.74, 6) is -0.947. The van der Waals surface area contributed by atoms with Crippen molar-refractivity contribution in [2.75, 3.05) is 23.0 Å². The number of amides is 2. The molecule has 0 atom stereocenters. The Labute approximate surface area is 150 Å². The Morgan fingerprint density at radius 2 is 1.85 bits per heavy atom. The van der Waals surface area contributed by atoms with Crippen LogP contribution in [0.25, 0.3) is 0 Å². The first-order chi connectivity index (χ1) is 12.5. The average molecular weight is 354 g/mol. The molecule has 1 heterocycles. The Balaban J connectivity index is 1.83. The second kappa shape index (κ2) is 7.35. The Morgan fingerprint density at radius 3 is 2.46 bits per heavy atom. The fourth-order valence-electron chi connectivity index (χ4n) is 2.63. The van der Waals surface area contributed by atoms with E-state index in [-0.39, 0.29) is 30.0 Å². The van der Waals surface area contributed by atoms with Gasteiger partial charge in [0.25, 0.3) is 11.8 Å². The SMILES string of the molecule is CCN(C(=O)C1=NCC(=O)N(c2ccc(C)cc2)N1)c1ccc(F)cc1. The van der Waals surface area contributed by atoms with Gasteiger partial charge in [-0.15, -0.1) is 0 Å². The molecule has 0 radical (unpaired) electrons. The van der Waals surface area contributed by atoms with Crippen LogP contribution in [0.5, 0.6) is 0 Å². The lowest BCUT2D eigenvalue weighted by molar-refractivity contribution is -0.118. The van der Waals surface area contributed by atoms with Crippen molar-refractivity contribution in [1.82, 2.24) is 5.43 Å². The molecule has 7 heteroatoms. The molecule has 26 heavy (non-hydrogen) atoms. The van der Waals surface area contributed by atoms with E-state index in [2.05, 4.69) is 10.4 Å². The number of amidine groups is 1. The van der Waals surface area contributed by atoms with Gasteiger partial charge in [-0.05, 0) is 50.2 Å². The molecule has 2 amide bonds. The molecule has 0 saturated carbocycles. The van der Waals surface area contributed by atoms with Crippen LogP contribution in [0.2, 0.25) is 0 Å². The molecule has 0 spiro atoms. The molecule has 0 saturated heterocycles. The van der Waals surface area contributed by atoms with Crippen molar-refractivity contribution in [3.8, 4) is 0 Å². The quantitative estimate of drug-likeness (QED) is 0.917. The van der Waals surface area contributed by atoms with Crippen LogP contribution in [0.1, 0.15) is 12.5 Å². The van der Waals surface area contributed by atoms with Crippen molar-refractivity contribution in [3.05, 3.63) is 59.9 Å². The molecular formula is C19H19FN4O2. The minimum absolute atomic E-state index is 0.0661. The van der Waals surface area contributed by atoms with E-state index >= 15 is 0 Å². The van der Waals surface area contributed by atoms with Gasteiger partial charge < -0.3 is 4.90 Å². The fraction of sp³-hybridized carbons (Fsp3) is 0.211. The van der Waals surface area contributed by atoms with E-state index in [4.69, 9.17) is 0 Å². The van der Waals surface area contributed by atoms with E-state index in [1.54, 1.807) is 12.1 Å². The monoisotopic (exact) mass is 354 g/mol. The van der Waals surface area contributed by atoms with Crippen LogP contribution in [-0.2, 0) is 9.59 Å². The van der Waals surface area contributed by atoms with Gasteiger partial charge in [0.2, 0.25) is 5.84 Å². The summed E-state index contributed by atoms with van der Waals surface area (Å²) < 4.78 is 13.1. The molecule has 134 valence electrons. The lowest BCUT2D eigenvalue weighted by Crippen LogP contribution is -2.56. The third kappa shape index (κ3) is 3.56. The van der Waals surface area contributed by atoms with Crippen LogP contribution in [0.15, 0.2) is 53.5 Å². The van der Waals surface area contributed by atoms with Crippen molar-refractivity contribution in [2.24, 2.45) is 4.99 Å². The van der Waals surface area contributed by atoms with Crippen molar-refractivity contribution in [2.45, 2.75) is 13.8 Å². The maximum absolute atomic E-state index is 13.1. The smallest absolute Gasteiger partial charge is 0.295 e. The summed E-state index contributed by atoms with van der Waals surface area (Å²) in [6.45, 7) is 4.02. The zero-order valence-electron chi connectivity index (χ0n) is 14.6. The number of hydrogen-bond acceptors (Lipinski definition) is 4. The van der Waals surface area contributed by atoms with Crippen LogP contribution in [-0.4, -0.2) is 30.7 Å². The molecule has 3 rings (SSSR count). The molecule has 2 aromatic rings. The van der Waals surface area contributed by atoms with Gasteiger partial charge in [-0.3, -0.25) is 20.0 Å². The van der Waals surface area contributed by atoms with Crippen molar-refractivity contribution >= 4 is 29.0 Å². The summed E-state index contributed by atoms with van der Waals surface area (Å²) in [4.78, 5) is 30.6. The number of anilines is 2. The fourth-order valence-corrected chi connectivity index (χ4v) is 2.63. The molecule has 0 unspecified atom stereocenters. The zero-order valence-corrected chi connectivity index (χ0v) is 14.6. The normalized spacial score (nSPS) is 13.9. The first kappa shape index (κ1) is 17.6. The van der Waals surface area contributed by atoms with Crippen LogP contribution >= 0.6 is 0 Å². The van der Waals surface area contributed by atoms with E-state index in [1.165, 1.54) is 34.2 Å². The standard InChI is InChI=1S/C19H19FN4O2/c1-3-23(15-10-6-14(20)7-11-15)19(26)18-21-12-17(25)24(22-18)16-8-4-13(2)5-9-16/h4-11H,3,12H2,1-2H3,(H,21,22). The summed E-state index contributed by atoms with van der Waals surface area (Å²) in [7, 11) is 0.